The van der Waals surface area contributed by atoms with Crippen molar-refractivity contribution in [3.8, 4) is 28.0 Å². The number of aliphatic hydroxyl groups excluding tert-OH is 2. The topological polar surface area (TPSA) is 124 Å². The van der Waals surface area contributed by atoms with E-state index in [1.807, 2.05) is 37.5 Å². The fraction of sp³-hybridized carbons (Fsp3) is 0.333. The van der Waals surface area contributed by atoms with E-state index in [0.717, 1.165) is 5.56 Å². The minimum absolute atomic E-state index is 0. The molecule has 4 rings (SSSR count). The van der Waals surface area contributed by atoms with Crippen molar-refractivity contribution < 1.29 is 68.0 Å². The molecule has 8 nitrogen and oxygen atoms in total. The quantitative estimate of drug-likeness (QED) is 0.179. The maximum atomic E-state index is 14.3. The van der Waals surface area contributed by atoms with Crippen LogP contribution in [0.4, 0.5) is 8.78 Å². The third-order valence-corrected chi connectivity index (χ3v) is 7.93. The first-order valence-corrected chi connectivity index (χ1v) is 15.2. The fourth-order valence-corrected chi connectivity index (χ4v) is 5.75. The van der Waals surface area contributed by atoms with Crippen molar-refractivity contribution in [3.05, 3.63) is 101 Å². The van der Waals surface area contributed by atoms with Gasteiger partial charge in [0.1, 0.15) is 23.1 Å². The Morgan fingerprint density at radius 2 is 1.38 bits per heavy atom. The van der Waals surface area contributed by atoms with Gasteiger partial charge in [0.15, 0.2) is 0 Å². The Kier molecular flexibility index (Phi) is 13.7. The van der Waals surface area contributed by atoms with Gasteiger partial charge < -0.3 is 34.7 Å². The van der Waals surface area contributed by atoms with Crippen LogP contribution in [0.3, 0.4) is 0 Å². The monoisotopic (exact) mass is 656 g/mol. The van der Waals surface area contributed by atoms with E-state index in [1.54, 1.807) is 43.5 Å². The van der Waals surface area contributed by atoms with Crippen molar-refractivity contribution in [2.24, 2.45) is 0 Å². The van der Waals surface area contributed by atoms with E-state index in [9.17, 15) is 33.7 Å². The van der Waals surface area contributed by atoms with E-state index >= 15 is 0 Å². The van der Waals surface area contributed by atoms with Gasteiger partial charge in [-0.15, -0.1) is 0 Å². The molecule has 0 aliphatic heterocycles. The van der Waals surface area contributed by atoms with Crippen LogP contribution in [0.5, 0.6) is 5.75 Å². The van der Waals surface area contributed by atoms with Crippen LogP contribution in [-0.2, 0) is 11.2 Å². The third-order valence-electron chi connectivity index (χ3n) is 7.93. The first kappa shape index (κ1) is 37.9. The standard InChI is InChI=1S/C36H40F2N2O6.Na/c1-21(2)40-31(18-15-28(41)19-29(42)20-32(43)44)33(24-5-11-26(37)12-6-24)34(25-7-13-27(38)14-8-25)35(40)36(45)39-22(3)23-9-16-30(46-4)17-10-23;/h5-14,16-17,21-22,28-29,41-42H,15,18-20H2,1-4H3,(H,39,45)(H,43,44);/q;+1/p-1/t22-,28-,29-;/m1./s1. The second kappa shape index (κ2) is 17.0. The number of aliphatic carboxylic acids is 1. The largest absolute Gasteiger partial charge is 1.00 e. The first-order valence-electron chi connectivity index (χ1n) is 15.2. The van der Waals surface area contributed by atoms with Gasteiger partial charge in [0, 0.05) is 35.3 Å². The van der Waals surface area contributed by atoms with Gasteiger partial charge in [-0.25, -0.2) is 8.78 Å². The molecule has 0 saturated carbocycles. The first-order chi connectivity index (χ1) is 21.9. The number of nitrogens with one attached hydrogen (secondary N) is 1. The summed E-state index contributed by atoms with van der Waals surface area (Å²) < 4.78 is 35.4. The molecular weight excluding hydrogens is 617 g/mol. The summed E-state index contributed by atoms with van der Waals surface area (Å²) in [5.74, 6) is -2.03. The van der Waals surface area contributed by atoms with Gasteiger partial charge in [-0.2, -0.15) is 0 Å². The van der Waals surface area contributed by atoms with E-state index < -0.39 is 48.2 Å². The van der Waals surface area contributed by atoms with Crippen molar-refractivity contribution in [2.75, 3.05) is 7.11 Å². The number of aromatic nitrogens is 1. The summed E-state index contributed by atoms with van der Waals surface area (Å²) >= 11 is 0. The van der Waals surface area contributed by atoms with Gasteiger partial charge in [0.2, 0.25) is 0 Å². The maximum Gasteiger partial charge on any atom is 1.00 e. The molecule has 4 aromatic rings. The molecule has 0 unspecified atom stereocenters. The fourth-order valence-electron chi connectivity index (χ4n) is 5.75. The zero-order valence-electron chi connectivity index (χ0n) is 27.3. The average Bonchev–Trinajstić information content (AvgIpc) is 3.36. The Labute approximate surface area is 295 Å². The van der Waals surface area contributed by atoms with Crippen LogP contribution < -0.4 is 44.7 Å². The van der Waals surface area contributed by atoms with Crippen LogP contribution in [0.2, 0.25) is 0 Å². The van der Waals surface area contributed by atoms with Gasteiger partial charge in [0.25, 0.3) is 5.91 Å². The number of methoxy groups -OCH3 is 1. The third kappa shape index (κ3) is 9.52. The van der Waals surface area contributed by atoms with Gasteiger partial charge >= 0.3 is 29.6 Å². The van der Waals surface area contributed by atoms with E-state index in [1.165, 1.54) is 24.3 Å². The van der Waals surface area contributed by atoms with Crippen molar-refractivity contribution >= 4 is 11.9 Å². The summed E-state index contributed by atoms with van der Waals surface area (Å²) in [5, 5.41) is 34.9. The number of rotatable bonds is 14. The Balaban J connectivity index is 0.00000600. The molecule has 0 aliphatic rings. The minimum atomic E-state index is -1.42. The van der Waals surface area contributed by atoms with Gasteiger partial charge in [-0.3, -0.25) is 4.79 Å². The number of carbonyl (C=O) groups is 2. The molecule has 244 valence electrons. The summed E-state index contributed by atoms with van der Waals surface area (Å²) in [6.07, 6.45) is -2.79. The molecule has 47 heavy (non-hydrogen) atoms. The summed E-state index contributed by atoms with van der Waals surface area (Å²) in [6, 6.07) is 18.3. The normalized spacial score (nSPS) is 13.0. The molecule has 1 aromatic heterocycles. The number of halogens is 2. The Hall–Kier alpha value is -3.54. The molecule has 0 spiro atoms. The number of amides is 1. The summed E-state index contributed by atoms with van der Waals surface area (Å²) in [5.41, 5.74) is 4.12. The van der Waals surface area contributed by atoms with Gasteiger partial charge in [-0.1, -0.05) is 36.4 Å². The number of hydrogen-bond acceptors (Lipinski definition) is 6. The molecule has 0 radical (unpaired) electrons. The number of carboxylic acids is 1. The second-order valence-electron chi connectivity index (χ2n) is 11.6. The molecular formula is C36H39F2N2NaO6. The number of benzene rings is 3. The minimum Gasteiger partial charge on any atom is -0.550 e. The van der Waals surface area contributed by atoms with E-state index in [2.05, 4.69) is 5.32 Å². The molecule has 3 atom stereocenters. The van der Waals surface area contributed by atoms with Crippen LogP contribution >= 0.6 is 0 Å². The summed E-state index contributed by atoms with van der Waals surface area (Å²) in [7, 11) is 1.57. The molecule has 0 saturated heterocycles. The molecule has 11 heteroatoms. The molecule has 1 heterocycles. The molecule has 0 fully saturated rings. The van der Waals surface area contributed by atoms with Crippen molar-refractivity contribution in [3.63, 3.8) is 0 Å². The van der Waals surface area contributed by atoms with E-state index in [-0.39, 0.29) is 54.9 Å². The van der Waals surface area contributed by atoms with E-state index in [0.29, 0.717) is 39.4 Å². The van der Waals surface area contributed by atoms with Crippen molar-refractivity contribution in [1.29, 1.82) is 0 Å². The number of ether oxygens (including phenoxy) is 1. The summed E-state index contributed by atoms with van der Waals surface area (Å²) in [6.45, 7) is 5.68. The Bertz CT molecular complexity index is 1640. The number of aliphatic hydroxyl groups is 2. The van der Waals surface area contributed by atoms with Crippen LogP contribution in [0, 0.1) is 11.6 Å². The smallest absolute Gasteiger partial charge is 0.550 e. The van der Waals surface area contributed by atoms with Crippen LogP contribution in [0.1, 0.15) is 73.9 Å². The van der Waals surface area contributed by atoms with Gasteiger partial charge in [0.05, 0.1) is 25.4 Å². The zero-order chi connectivity index (χ0) is 33.5. The molecule has 0 bridgehead atoms. The predicted molar refractivity (Wildman–Crippen MR) is 169 cm³/mol. The molecule has 1 amide bonds. The summed E-state index contributed by atoms with van der Waals surface area (Å²) in [4.78, 5) is 25.3. The SMILES string of the molecule is COc1ccc([C@@H](C)NC(=O)c2c(-c3ccc(F)cc3)c(-c3ccc(F)cc3)c(CC[C@@H](O)C[C@@H](O)CC(=O)[O-])n2C(C)C)cc1.[Na+]. The zero-order valence-corrected chi connectivity index (χ0v) is 29.3. The van der Waals surface area contributed by atoms with Crippen LogP contribution in [0.15, 0.2) is 72.8 Å². The van der Waals surface area contributed by atoms with E-state index in [4.69, 9.17) is 4.74 Å². The number of nitrogens with zero attached hydrogens (tertiary/aromatic N) is 1. The molecule has 3 aromatic carbocycles. The number of carbonyl (C=O) groups excluding carboxylic acids is 2. The Morgan fingerprint density at radius 1 is 0.851 bits per heavy atom. The molecule has 0 aliphatic carbocycles. The van der Waals surface area contributed by atoms with Crippen molar-refractivity contribution in [2.45, 2.75) is 70.7 Å². The maximum absolute atomic E-state index is 14.3. The van der Waals surface area contributed by atoms with Crippen LogP contribution in [-0.4, -0.2) is 46.0 Å². The average molecular weight is 657 g/mol. The van der Waals surface area contributed by atoms with Crippen LogP contribution in [0.25, 0.3) is 22.3 Å². The van der Waals surface area contributed by atoms with Crippen molar-refractivity contribution in [1.82, 2.24) is 9.88 Å². The number of hydrogen-bond donors (Lipinski definition) is 3. The Morgan fingerprint density at radius 3 is 1.87 bits per heavy atom. The number of carboxylic acid groups (broad SMARTS) is 1. The second-order valence-corrected chi connectivity index (χ2v) is 11.6. The van der Waals surface area contributed by atoms with Gasteiger partial charge in [-0.05, 0) is 93.1 Å². The molecule has 3 N–H and O–H groups in total. The predicted octanol–water partition coefficient (Wildman–Crippen LogP) is 2.37.